The molecule has 0 radical (unpaired) electrons. The number of carbonyl (C=O) groups excluding carboxylic acids is 2. The highest BCUT2D eigenvalue weighted by atomic mass is 32.1. The zero-order chi connectivity index (χ0) is 22.4. The number of nitrogens with one attached hydrogen (secondary N) is 2. The summed E-state index contributed by atoms with van der Waals surface area (Å²) >= 11 is 1.43. The normalized spacial score (nSPS) is 16.4. The maximum atomic E-state index is 13.0. The Morgan fingerprint density at radius 1 is 0.968 bits per heavy atom. The fourth-order valence-corrected chi connectivity index (χ4v) is 5.77. The first-order chi connectivity index (χ1) is 14.6. The summed E-state index contributed by atoms with van der Waals surface area (Å²) in [7, 11) is 0. The van der Waals surface area contributed by atoms with Crippen molar-refractivity contribution < 1.29 is 9.59 Å². The molecule has 4 N–H and O–H groups in total. The minimum atomic E-state index is -0.513. The van der Waals surface area contributed by atoms with Gasteiger partial charge in [0.15, 0.2) is 0 Å². The van der Waals surface area contributed by atoms with Crippen LogP contribution in [0.1, 0.15) is 58.9 Å². The first-order valence-electron chi connectivity index (χ1n) is 10.3. The lowest BCUT2D eigenvalue weighted by Gasteiger charge is -2.42. The van der Waals surface area contributed by atoms with Gasteiger partial charge < -0.3 is 16.4 Å². The number of benzene rings is 2. The van der Waals surface area contributed by atoms with Crippen LogP contribution in [0.4, 0.5) is 5.00 Å². The van der Waals surface area contributed by atoms with Crippen molar-refractivity contribution in [2.45, 2.75) is 45.2 Å². The summed E-state index contributed by atoms with van der Waals surface area (Å²) in [6.45, 7) is 8.38. The number of amides is 2. The number of anilines is 1. The van der Waals surface area contributed by atoms with Crippen molar-refractivity contribution in [3.8, 4) is 11.1 Å². The highest BCUT2D eigenvalue weighted by molar-refractivity contribution is 7.17. The van der Waals surface area contributed by atoms with Crippen LogP contribution in [-0.2, 0) is 12.0 Å². The number of hydrogen-bond acceptors (Lipinski definition) is 4. The van der Waals surface area contributed by atoms with E-state index in [2.05, 4.69) is 38.3 Å². The van der Waals surface area contributed by atoms with Gasteiger partial charge in [0.1, 0.15) is 5.00 Å². The number of rotatable bonds is 4. The standard InChI is InChI=1S/C25H27N3O2S/c1-24(2)14-18-19(21(26)29)23(31-20(18)25(3,4)28-24)27-22(30)17-12-10-16(11-13-17)15-8-6-5-7-9-15/h5-13,28H,14H2,1-4H3,(H2,26,29)(H,27,30). The molecule has 3 aromatic rings. The summed E-state index contributed by atoms with van der Waals surface area (Å²) in [5.74, 6) is -0.772. The first-order valence-corrected chi connectivity index (χ1v) is 11.1. The second-order valence-electron chi connectivity index (χ2n) is 9.19. The summed E-state index contributed by atoms with van der Waals surface area (Å²) < 4.78 is 0. The summed E-state index contributed by atoms with van der Waals surface area (Å²) in [5, 5.41) is 7.08. The zero-order valence-electron chi connectivity index (χ0n) is 18.2. The van der Waals surface area contributed by atoms with Crippen molar-refractivity contribution in [1.29, 1.82) is 0 Å². The van der Waals surface area contributed by atoms with Gasteiger partial charge in [0, 0.05) is 21.5 Å². The van der Waals surface area contributed by atoms with Gasteiger partial charge >= 0.3 is 0 Å². The van der Waals surface area contributed by atoms with E-state index in [1.165, 1.54) is 11.3 Å². The molecule has 0 aliphatic carbocycles. The molecule has 1 aliphatic rings. The van der Waals surface area contributed by atoms with Crippen molar-refractivity contribution in [1.82, 2.24) is 5.32 Å². The Kier molecular flexibility index (Phi) is 5.23. The molecule has 0 saturated carbocycles. The quantitative estimate of drug-likeness (QED) is 0.546. The van der Waals surface area contributed by atoms with Gasteiger partial charge in [0.25, 0.3) is 11.8 Å². The molecule has 2 amide bonds. The van der Waals surface area contributed by atoms with Crippen molar-refractivity contribution in [2.75, 3.05) is 5.32 Å². The lowest BCUT2D eigenvalue weighted by molar-refractivity contribution is 0.0999. The monoisotopic (exact) mass is 433 g/mol. The van der Waals surface area contributed by atoms with Crippen molar-refractivity contribution in [3.63, 3.8) is 0 Å². The molecular formula is C25H27N3O2S. The molecule has 6 heteroatoms. The minimum absolute atomic E-state index is 0.184. The predicted octanol–water partition coefficient (Wildman–Crippen LogP) is 4.93. The van der Waals surface area contributed by atoms with Gasteiger partial charge in [-0.15, -0.1) is 11.3 Å². The molecule has 0 saturated heterocycles. The summed E-state index contributed by atoms with van der Waals surface area (Å²) in [6.07, 6.45) is 0.669. The van der Waals surface area contributed by atoms with Crippen molar-refractivity contribution >= 4 is 28.2 Å². The van der Waals surface area contributed by atoms with Crippen LogP contribution in [0.5, 0.6) is 0 Å². The van der Waals surface area contributed by atoms with Crippen LogP contribution in [0, 0.1) is 0 Å². The van der Waals surface area contributed by atoms with Gasteiger partial charge in [-0.1, -0.05) is 42.5 Å². The van der Waals surface area contributed by atoms with Crippen LogP contribution in [0.2, 0.25) is 0 Å². The van der Waals surface area contributed by atoms with Gasteiger partial charge in [-0.2, -0.15) is 0 Å². The third-order valence-electron chi connectivity index (χ3n) is 5.57. The third-order valence-corrected chi connectivity index (χ3v) is 7.04. The highest BCUT2D eigenvalue weighted by Gasteiger charge is 2.41. The summed E-state index contributed by atoms with van der Waals surface area (Å²) in [5.41, 5.74) is 9.26. The van der Waals surface area contributed by atoms with E-state index in [9.17, 15) is 9.59 Å². The number of thiophene rings is 1. The molecule has 160 valence electrons. The van der Waals surface area contributed by atoms with E-state index in [4.69, 9.17) is 5.73 Å². The molecule has 5 nitrogen and oxygen atoms in total. The Balaban J connectivity index is 1.65. The third kappa shape index (κ3) is 4.13. The molecule has 0 atom stereocenters. The van der Waals surface area contributed by atoms with E-state index in [0.29, 0.717) is 22.5 Å². The maximum absolute atomic E-state index is 13.0. The van der Waals surface area contributed by atoms with Crippen LogP contribution in [-0.4, -0.2) is 17.4 Å². The van der Waals surface area contributed by atoms with Gasteiger partial charge in [-0.05, 0) is 62.9 Å². The van der Waals surface area contributed by atoms with Gasteiger partial charge in [-0.3, -0.25) is 9.59 Å². The molecule has 2 heterocycles. The average Bonchev–Trinajstić information content (AvgIpc) is 3.06. The van der Waals surface area contributed by atoms with E-state index >= 15 is 0 Å². The largest absolute Gasteiger partial charge is 0.365 e. The fourth-order valence-electron chi connectivity index (χ4n) is 4.50. The number of fused-ring (bicyclic) bond motifs is 1. The van der Waals surface area contributed by atoms with Crippen LogP contribution < -0.4 is 16.4 Å². The summed E-state index contributed by atoms with van der Waals surface area (Å²) in [6, 6.07) is 17.4. The molecule has 2 aromatic carbocycles. The van der Waals surface area contributed by atoms with Gasteiger partial charge in [0.05, 0.1) is 5.56 Å². The van der Waals surface area contributed by atoms with Crippen molar-refractivity contribution in [3.05, 3.63) is 76.2 Å². The first kappa shape index (κ1) is 21.3. The van der Waals surface area contributed by atoms with E-state index in [1.807, 2.05) is 42.5 Å². The van der Waals surface area contributed by atoms with Crippen LogP contribution in [0.3, 0.4) is 0 Å². The Labute approximate surface area is 186 Å². The lowest BCUT2D eigenvalue weighted by atomic mass is 9.81. The van der Waals surface area contributed by atoms with Crippen LogP contribution >= 0.6 is 11.3 Å². The van der Waals surface area contributed by atoms with Crippen LogP contribution in [0.15, 0.2) is 54.6 Å². The molecular weight excluding hydrogens is 406 g/mol. The molecule has 31 heavy (non-hydrogen) atoms. The van der Waals surface area contributed by atoms with Gasteiger partial charge in [0.2, 0.25) is 0 Å². The topological polar surface area (TPSA) is 84.2 Å². The molecule has 4 rings (SSSR count). The van der Waals surface area contributed by atoms with E-state index < -0.39 is 5.91 Å². The average molecular weight is 434 g/mol. The second-order valence-corrected chi connectivity index (χ2v) is 10.2. The number of hydrogen-bond donors (Lipinski definition) is 3. The van der Waals surface area contributed by atoms with E-state index in [1.54, 1.807) is 12.1 Å². The Bertz CT molecular complexity index is 1150. The minimum Gasteiger partial charge on any atom is -0.365 e. The number of carbonyl (C=O) groups is 2. The molecule has 0 fully saturated rings. The maximum Gasteiger partial charge on any atom is 0.256 e. The predicted molar refractivity (Wildman–Crippen MR) is 127 cm³/mol. The highest BCUT2D eigenvalue weighted by Crippen LogP contribution is 2.45. The van der Waals surface area contributed by atoms with E-state index in [-0.39, 0.29) is 17.0 Å². The lowest BCUT2D eigenvalue weighted by Crippen LogP contribution is -2.55. The summed E-state index contributed by atoms with van der Waals surface area (Å²) in [4.78, 5) is 26.4. The fraction of sp³-hybridized carbons (Fsp3) is 0.280. The van der Waals surface area contributed by atoms with Crippen LogP contribution in [0.25, 0.3) is 11.1 Å². The van der Waals surface area contributed by atoms with E-state index in [0.717, 1.165) is 21.6 Å². The Hall–Kier alpha value is -2.96. The van der Waals surface area contributed by atoms with Crippen molar-refractivity contribution in [2.24, 2.45) is 5.73 Å². The van der Waals surface area contributed by atoms with Gasteiger partial charge in [-0.25, -0.2) is 0 Å². The SMILES string of the molecule is CC1(C)Cc2c(sc(NC(=O)c3ccc(-c4ccccc4)cc3)c2C(N)=O)C(C)(C)N1. The zero-order valence-corrected chi connectivity index (χ0v) is 19.0. The number of primary amides is 1. The Morgan fingerprint density at radius 2 is 1.58 bits per heavy atom. The molecule has 1 aliphatic heterocycles. The molecule has 0 bridgehead atoms. The molecule has 1 aromatic heterocycles. The molecule has 0 unspecified atom stereocenters. The number of nitrogens with two attached hydrogens (primary N) is 1. The second kappa shape index (κ2) is 7.62. The Morgan fingerprint density at radius 3 is 2.19 bits per heavy atom. The molecule has 0 spiro atoms. The smallest absolute Gasteiger partial charge is 0.256 e.